The molecule has 1 aromatic carbocycles. The molecule has 1 aromatic heterocycles. The van der Waals surface area contributed by atoms with Gasteiger partial charge in [-0.05, 0) is 36.5 Å². The molecule has 0 N–H and O–H groups in total. The van der Waals surface area contributed by atoms with Crippen LogP contribution in [0.4, 0.5) is 5.82 Å². The predicted octanol–water partition coefficient (Wildman–Crippen LogP) is 2.87. The van der Waals surface area contributed by atoms with Gasteiger partial charge in [-0.15, -0.1) is 0 Å². The molecule has 0 aliphatic carbocycles. The second kappa shape index (κ2) is 5.90. The summed E-state index contributed by atoms with van der Waals surface area (Å²) < 4.78 is 5.31. The van der Waals surface area contributed by atoms with Gasteiger partial charge in [-0.3, -0.25) is 4.98 Å². The molecule has 2 heterocycles. The smallest absolute Gasteiger partial charge is 0.147 e. The summed E-state index contributed by atoms with van der Waals surface area (Å²) in [5.74, 6) is 2.54. The fraction of sp³-hybridized carbons (Fsp3) is 0.375. The van der Waals surface area contributed by atoms with Gasteiger partial charge in [-0.2, -0.15) is 0 Å². The molecule has 2 aromatic rings. The zero-order valence-electron chi connectivity index (χ0n) is 11.7. The Labute approximate surface area is 119 Å². The lowest BCUT2D eigenvalue weighted by atomic mass is 9.89. The monoisotopic (exact) mass is 269 g/mol. The predicted molar refractivity (Wildman–Crippen MR) is 79.2 cm³/mol. The maximum Gasteiger partial charge on any atom is 0.147 e. The Kier molecular flexibility index (Phi) is 3.81. The van der Waals surface area contributed by atoms with E-state index in [4.69, 9.17) is 4.74 Å². The van der Waals surface area contributed by atoms with E-state index >= 15 is 0 Å². The van der Waals surface area contributed by atoms with E-state index < -0.39 is 0 Å². The number of methoxy groups -OCH3 is 1. The van der Waals surface area contributed by atoms with E-state index in [0.717, 1.165) is 37.5 Å². The first-order chi connectivity index (χ1) is 9.86. The molecule has 0 atom stereocenters. The molecule has 1 fully saturated rings. The minimum absolute atomic E-state index is 0.609. The Morgan fingerprint density at radius 2 is 2.05 bits per heavy atom. The second-order valence-corrected chi connectivity index (χ2v) is 5.10. The summed E-state index contributed by atoms with van der Waals surface area (Å²) >= 11 is 0. The molecule has 1 saturated heterocycles. The van der Waals surface area contributed by atoms with Gasteiger partial charge in [-0.25, -0.2) is 4.98 Å². The lowest BCUT2D eigenvalue weighted by molar-refractivity contribution is 0.412. The van der Waals surface area contributed by atoms with Crippen LogP contribution in [-0.2, 0) is 0 Å². The van der Waals surface area contributed by atoms with Crippen LogP contribution < -0.4 is 9.64 Å². The molecular weight excluding hydrogens is 250 g/mol. The van der Waals surface area contributed by atoms with Crippen molar-refractivity contribution in [3.63, 3.8) is 0 Å². The molecule has 0 saturated carbocycles. The van der Waals surface area contributed by atoms with E-state index in [1.165, 1.54) is 5.56 Å². The van der Waals surface area contributed by atoms with Gasteiger partial charge in [0.15, 0.2) is 0 Å². The molecule has 0 unspecified atom stereocenters. The second-order valence-electron chi connectivity index (χ2n) is 5.10. The van der Waals surface area contributed by atoms with Crippen molar-refractivity contribution in [3.8, 4) is 5.75 Å². The van der Waals surface area contributed by atoms with Crippen molar-refractivity contribution in [2.45, 2.75) is 18.8 Å². The van der Waals surface area contributed by atoms with Gasteiger partial charge in [-0.1, -0.05) is 12.1 Å². The first kappa shape index (κ1) is 12.9. The molecule has 104 valence electrons. The van der Waals surface area contributed by atoms with Crippen LogP contribution in [0, 0.1) is 0 Å². The van der Waals surface area contributed by atoms with Crippen LogP contribution in [0.25, 0.3) is 0 Å². The molecule has 3 rings (SSSR count). The number of piperidine rings is 1. The standard InChI is InChI=1S/C16H19N3O/c1-20-15-4-2-3-14(11-15)13-5-9-19(10-6-13)16-12-17-7-8-18-16/h2-4,7-8,11-13H,5-6,9-10H2,1H3. The highest BCUT2D eigenvalue weighted by Crippen LogP contribution is 2.31. The van der Waals surface area contributed by atoms with Crippen molar-refractivity contribution in [3.05, 3.63) is 48.4 Å². The number of nitrogens with zero attached hydrogens (tertiary/aromatic N) is 3. The van der Waals surface area contributed by atoms with Gasteiger partial charge in [0.05, 0.1) is 13.3 Å². The molecule has 20 heavy (non-hydrogen) atoms. The summed E-state index contributed by atoms with van der Waals surface area (Å²) in [5, 5.41) is 0. The van der Waals surface area contributed by atoms with E-state index in [1.54, 1.807) is 19.5 Å². The number of aromatic nitrogens is 2. The summed E-state index contributed by atoms with van der Waals surface area (Å²) in [5.41, 5.74) is 1.38. The zero-order valence-corrected chi connectivity index (χ0v) is 11.7. The van der Waals surface area contributed by atoms with Crippen LogP contribution in [0.15, 0.2) is 42.9 Å². The normalized spacial score (nSPS) is 16.1. The van der Waals surface area contributed by atoms with Crippen molar-refractivity contribution >= 4 is 5.82 Å². The van der Waals surface area contributed by atoms with E-state index in [2.05, 4.69) is 33.1 Å². The van der Waals surface area contributed by atoms with Crippen LogP contribution in [0.3, 0.4) is 0 Å². The van der Waals surface area contributed by atoms with Crippen molar-refractivity contribution in [2.75, 3.05) is 25.1 Å². The van der Waals surface area contributed by atoms with Crippen LogP contribution in [0.1, 0.15) is 24.3 Å². The number of anilines is 1. The maximum atomic E-state index is 5.31. The Balaban J connectivity index is 1.66. The highest BCUT2D eigenvalue weighted by Gasteiger charge is 2.21. The summed E-state index contributed by atoms with van der Waals surface area (Å²) in [6.45, 7) is 2.06. The van der Waals surface area contributed by atoms with Crippen molar-refractivity contribution in [1.82, 2.24) is 9.97 Å². The van der Waals surface area contributed by atoms with Gasteiger partial charge in [0, 0.05) is 25.5 Å². The molecule has 0 spiro atoms. The van der Waals surface area contributed by atoms with E-state index in [1.807, 2.05) is 12.3 Å². The number of hydrogen-bond donors (Lipinski definition) is 0. The largest absolute Gasteiger partial charge is 0.497 e. The lowest BCUT2D eigenvalue weighted by Crippen LogP contribution is -2.33. The van der Waals surface area contributed by atoms with Crippen molar-refractivity contribution in [1.29, 1.82) is 0 Å². The van der Waals surface area contributed by atoms with E-state index in [-0.39, 0.29) is 0 Å². The third kappa shape index (κ3) is 2.74. The van der Waals surface area contributed by atoms with E-state index in [9.17, 15) is 0 Å². The minimum Gasteiger partial charge on any atom is -0.497 e. The van der Waals surface area contributed by atoms with Crippen LogP contribution in [0.2, 0.25) is 0 Å². The number of ether oxygens (including phenoxy) is 1. The first-order valence-corrected chi connectivity index (χ1v) is 7.02. The Morgan fingerprint density at radius 1 is 1.20 bits per heavy atom. The summed E-state index contributed by atoms with van der Waals surface area (Å²) in [6.07, 6.45) is 7.59. The lowest BCUT2D eigenvalue weighted by Gasteiger charge is -2.32. The molecule has 4 nitrogen and oxygen atoms in total. The highest BCUT2D eigenvalue weighted by atomic mass is 16.5. The molecule has 0 amide bonds. The SMILES string of the molecule is COc1cccc(C2CCN(c3cnccn3)CC2)c1. The Morgan fingerprint density at radius 3 is 2.75 bits per heavy atom. The van der Waals surface area contributed by atoms with Crippen LogP contribution >= 0.6 is 0 Å². The summed E-state index contributed by atoms with van der Waals surface area (Å²) in [6, 6.07) is 8.43. The summed E-state index contributed by atoms with van der Waals surface area (Å²) in [4.78, 5) is 10.8. The third-order valence-electron chi connectivity index (χ3n) is 3.93. The molecular formula is C16H19N3O. The van der Waals surface area contributed by atoms with Crippen molar-refractivity contribution in [2.24, 2.45) is 0 Å². The zero-order chi connectivity index (χ0) is 13.8. The molecule has 1 aliphatic rings. The highest BCUT2D eigenvalue weighted by molar-refractivity contribution is 5.37. The molecule has 4 heteroatoms. The van der Waals surface area contributed by atoms with Crippen molar-refractivity contribution < 1.29 is 4.74 Å². The minimum atomic E-state index is 0.609. The maximum absolute atomic E-state index is 5.31. The van der Waals surface area contributed by atoms with Gasteiger partial charge >= 0.3 is 0 Å². The number of rotatable bonds is 3. The fourth-order valence-corrected chi connectivity index (χ4v) is 2.79. The average Bonchev–Trinajstić information content (AvgIpc) is 2.56. The van der Waals surface area contributed by atoms with Gasteiger partial charge in [0.1, 0.15) is 11.6 Å². The fourth-order valence-electron chi connectivity index (χ4n) is 2.79. The summed E-state index contributed by atoms with van der Waals surface area (Å²) in [7, 11) is 1.72. The van der Waals surface area contributed by atoms with Crippen LogP contribution in [0.5, 0.6) is 5.75 Å². The molecule has 1 aliphatic heterocycles. The molecule has 0 bridgehead atoms. The third-order valence-corrected chi connectivity index (χ3v) is 3.93. The topological polar surface area (TPSA) is 38.2 Å². The Hall–Kier alpha value is -2.10. The van der Waals surface area contributed by atoms with Crippen LogP contribution in [-0.4, -0.2) is 30.2 Å². The number of benzene rings is 1. The first-order valence-electron chi connectivity index (χ1n) is 7.02. The quantitative estimate of drug-likeness (QED) is 0.858. The number of hydrogen-bond acceptors (Lipinski definition) is 4. The van der Waals surface area contributed by atoms with Gasteiger partial charge in [0.2, 0.25) is 0 Å². The van der Waals surface area contributed by atoms with Gasteiger partial charge in [0.25, 0.3) is 0 Å². The Bertz CT molecular complexity index is 551. The average molecular weight is 269 g/mol. The van der Waals surface area contributed by atoms with E-state index in [0.29, 0.717) is 5.92 Å². The molecule has 0 radical (unpaired) electrons. The van der Waals surface area contributed by atoms with Gasteiger partial charge < -0.3 is 9.64 Å².